The first kappa shape index (κ1) is 11.1. The molecule has 6 heteroatoms. The van der Waals surface area contributed by atoms with E-state index in [0.717, 1.165) is 4.88 Å². The van der Waals surface area contributed by atoms with Gasteiger partial charge in [0.15, 0.2) is 5.13 Å². The van der Waals surface area contributed by atoms with E-state index >= 15 is 0 Å². The monoisotopic (exact) mass is 254 g/mol. The quantitative estimate of drug-likeness (QED) is 0.914. The van der Waals surface area contributed by atoms with Crippen molar-refractivity contribution >= 4 is 26.5 Å². The first-order chi connectivity index (χ1) is 7.58. The topological polar surface area (TPSA) is 59.1 Å². The zero-order valence-electron chi connectivity index (χ0n) is 8.54. The van der Waals surface area contributed by atoms with Gasteiger partial charge in [0.25, 0.3) is 10.0 Å². The highest BCUT2D eigenvalue weighted by Gasteiger charge is 2.14. The van der Waals surface area contributed by atoms with Crippen LogP contribution in [-0.2, 0) is 10.0 Å². The molecule has 0 spiro atoms. The van der Waals surface area contributed by atoms with Crippen LogP contribution in [0.1, 0.15) is 4.88 Å². The molecule has 2 aromatic rings. The van der Waals surface area contributed by atoms with Crippen LogP contribution in [-0.4, -0.2) is 13.4 Å². The van der Waals surface area contributed by atoms with Gasteiger partial charge in [-0.05, 0) is 19.1 Å². The van der Waals surface area contributed by atoms with Gasteiger partial charge in [-0.1, -0.05) is 18.2 Å². The minimum absolute atomic E-state index is 0.239. The second-order valence-corrected chi connectivity index (χ2v) is 6.11. The summed E-state index contributed by atoms with van der Waals surface area (Å²) in [4.78, 5) is 5.16. The molecule has 0 amide bonds. The Kier molecular flexibility index (Phi) is 2.93. The molecule has 0 atom stereocenters. The summed E-state index contributed by atoms with van der Waals surface area (Å²) in [6.45, 7) is 1.87. The highest BCUT2D eigenvalue weighted by Crippen LogP contribution is 2.20. The van der Waals surface area contributed by atoms with Crippen molar-refractivity contribution in [3.8, 4) is 0 Å². The van der Waals surface area contributed by atoms with Crippen molar-refractivity contribution in [2.75, 3.05) is 4.72 Å². The molecule has 0 saturated carbocycles. The van der Waals surface area contributed by atoms with Gasteiger partial charge in [0.05, 0.1) is 4.90 Å². The van der Waals surface area contributed by atoms with Crippen LogP contribution < -0.4 is 4.72 Å². The highest BCUT2D eigenvalue weighted by molar-refractivity contribution is 7.93. The number of nitrogens with one attached hydrogen (secondary N) is 1. The lowest BCUT2D eigenvalue weighted by atomic mass is 10.4. The maximum atomic E-state index is 11.9. The third-order valence-corrected chi connectivity index (χ3v) is 4.21. The van der Waals surface area contributed by atoms with E-state index in [2.05, 4.69) is 9.71 Å². The van der Waals surface area contributed by atoms with E-state index in [1.54, 1.807) is 36.5 Å². The molecule has 1 aromatic carbocycles. The number of nitrogens with zero attached hydrogens (tertiary/aromatic N) is 1. The van der Waals surface area contributed by atoms with Crippen molar-refractivity contribution in [3.05, 3.63) is 41.4 Å². The molecule has 0 fully saturated rings. The zero-order valence-corrected chi connectivity index (χ0v) is 10.2. The zero-order chi connectivity index (χ0) is 11.6. The molecule has 0 radical (unpaired) electrons. The Morgan fingerprint density at radius 2 is 1.94 bits per heavy atom. The first-order valence-electron chi connectivity index (χ1n) is 4.58. The smallest absolute Gasteiger partial charge is 0.255 e. The number of benzene rings is 1. The summed E-state index contributed by atoms with van der Waals surface area (Å²) in [5.74, 6) is 0. The summed E-state index contributed by atoms with van der Waals surface area (Å²) < 4.78 is 26.2. The fourth-order valence-corrected chi connectivity index (χ4v) is 3.10. The van der Waals surface area contributed by atoms with Gasteiger partial charge in [-0.2, -0.15) is 0 Å². The molecule has 1 heterocycles. The Morgan fingerprint density at radius 3 is 2.50 bits per heavy atom. The second kappa shape index (κ2) is 4.23. The minimum Gasteiger partial charge on any atom is -0.255 e. The van der Waals surface area contributed by atoms with Gasteiger partial charge in [0.1, 0.15) is 0 Å². The van der Waals surface area contributed by atoms with E-state index in [1.165, 1.54) is 11.3 Å². The largest absolute Gasteiger partial charge is 0.263 e. The van der Waals surface area contributed by atoms with E-state index in [0.29, 0.717) is 5.13 Å². The molecule has 1 aromatic heterocycles. The van der Waals surface area contributed by atoms with Gasteiger partial charge in [-0.15, -0.1) is 11.3 Å². The Bertz CT molecular complexity index is 576. The average Bonchev–Trinajstić information content (AvgIpc) is 2.64. The number of hydrogen-bond donors (Lipinski definition) is 1. The summed E-state index contributed by atoms with van der Waals surface area (Å²) in [5, 5.41) is 0.390. The summed E-state index contributed by atoms with van der Waals surface area (Å²) >= 11 is 1.31. The number of anilines is 1. The van der Waals surface area contributed by atoms with Crippen molar-refractivity contribution in [1.29, 1.82) is 0 Å². The molecule has 0 aliphatic carbocycles. The minimum atomic E-state index is -3.50. The SMILES string of the molecule is Cc1cnc(NS(=O)(=O)c2ccccc2)s1. The van der Waals surface area contributed by atoms with Crippen LogP contribution in [0.2, 0.25) is 0 Å². The molecule has 0 aliphatic heterocycles. The van der Waals surface area contributed by atoms with Crippen LogP contribution in [0.15, 0.2) is 41.4 Å². The molecule has 16 heavy (non-hydrogen) atoms. The first-order valence-corrected chi connectivity index (χ1v) is 6.88. The predicted molar refractivity (Wildman–Crippen MR) is 64.1 cm³/mol. The third kappa shape index (κ3) is 2.40. The lowest BCUT2D eigenvalue weighted by Crippen LogP contribution is -2.12. The molecule has 0 unspecified atom stereocenters. The molecule has 0 aliphatic rings. The number of sulfonamides is 1. The van der Waals surface area contributed by atoms with Crippen molar-refractivity contribution in [1.82, 2.24) is 4.98 Å². The van der Waals surface area contributed by atoms with Gasteiger partial charge in [0.2, 0.25) is 0 Å². The maximum absolute atomic E-state index is 11.9. The van der Waals surface area contributed by atoms with Crippen LogP contribution in [0.5, 0.6) is 0 Å². The maximum Gasteiger partial charge on any atom is 0.263 e. The van der Waals surface area contributed by atoms with E-state index in [4.69, 9.17) is 0 Å². The van der Waals surface area contributed by atoms with Gasteiger partial charge >= 0.3 is 0 Å². The van der Waals surface area contributed by atoms with Gasteiger partial charge in [-0.25, -0.2) is 13.4 Å². The lowest BCUT2D eigenvalue weighted by molar-refractivity contribution is 0.601. The van der Waals surface area contributed by atoms with Crippen LogP contribution in [0.4, 0.5) is 5.13 Å². The number of hydrogen-bond acceptors (Lipinski definition) is 4. The number of aromatic nitrogens is 1. The fraction of sp³-hybridized carbons (Fsp3) is 0.100. The molecular formula is C10H10N2O2S2. The Morgan fingerprint density at radius 1 is 1.25 bits per heavy atom. The van der Waals surface area contributed by atoms with Crippen LogP contribution >= 0.6 is 11.3 Å². The number of aryl methyl sites for hydroxylation is 1. The number of thiazole rings is 1. The molecule has 1 N–H and O–H groups in total. The normalized spacial score (nSPS) is 11.3. The molecular weight excluding hydrogens is 244 g/mol. The molecule has 2 rings (SSSR count). The number of rotatable bonds is 3. The van der Waals surface area contributed by atoms with E-state index in [-0.39, 0.29) is 4.90 Å². The fourth-order valence-electron chi connectivity index (χ4n) is 1.18. The summed E-state index contributed by atoms with van der Waals surface area (Å²) in [6.07, 6.45) is 1.63. The van der Waals surface area contributed by atoms with Crippen LogP contribution in [0.25, 0.3) is 0 Å². The molecule has 84 valence electrons. The van der Waals surface area contributed by atoms with Crippen molar-refractivity contribution in [2.45, 2.75) is 11.8 Å². The Hall–Kier alpha value is -1.40. The molecule has 4 nitrogen and oxygen atoms in total. The standard InChI is InChI=1S/C10H10N2O2S2/c1-8-7-11-10(15-8)12-16(13,14)9-5-3-2-4-6-9/h2-7H,1H3,(H,11,12). The lowest BCUT2D eigenvalue weighted by Gasteiger charge is -2.03. The van der Waals surface area contributed by atoms with Gasteiger partial charge < -0.3 is 0 Å². The van der Waals surface area contributed by atoms with Gasteiger partial charge in [-0.3, -0.25) is 4.72 Å². The molecule has 0 saturated heterocycles. The Balaban J connectivity index is 2.28. The van der Waals surface area contributed by atoms with Crippen molar-refractivity contribution in [2.24, 2.45) is 0 Å². The summed E-state index contributed by atoms with van der Waals surface area (Å²) in [7, 11) is -3.50. The van der Waals surface area contributed by atoms with Gasteiger partial charge in [0, 0.05) is 11.1 Å². The third-order valence-electron chi connectivity index (χ3n) is 1.90. The van der Waals surface area contributed by atoms with E-state index in [1.807, 2.05) is 6.92 Å². The summed E-state index contributed by atoms with van der Waals surface area (Å²) in [6, 6.07) is 8.22. The molecule has 0 bridgehead atoms. The van der Waals surface area contributed by atoms with Crippen LogP contribution in [0, 0.1) is 6.92 Å². The Labute approximate surface area is 98.0 Å². The average molecular weight is 254 g/mol. The highest BCUT2D eigenvalue weighted by atomic mass is 32.2. The van der Waals surface area contributed by atoms with E-state index in [9.17, 15) is 8.42 Å². The van der Waals surface area contributed by atoms with E-state index < -0.39 is 10.0 Å². The predicted octanol–water partition coefficient (Wildman–Crippen LogP) is 2.25. The van der Waals surface area contributed by atoms with Crippen LogP contribution in [0.3, 0.4) is 0 Å². The summed E-state index contributed by atoms with van der Waals surface area (Å²) in [5.41, 5.74) is 0. The van der Waals surface area contributed by atoms with Crippen molar-refractivity contribution in [3.63, 3.8) is 0 Å². The second-order valence-electron chi connectivity index (χ2n) is 3.19. The van der Waals surface area contributed by atoms with Crippen molar-refractivity contribution < 1.29 is 8.42 Å².